The molecule has 0 saturated carbocycles. The monoisotopic (exact) mass is 394 g/mol. The molecule has 2 aromatic rings. The summed E-state index contributed by atoms with van der Waals surface area (Å²) in [5.41, 5.74) is 1.30. The van der Waals surface area contributed by atoms with Gasteiger partial charge in [0.15, 0.2) is 5.84 Å². The number of furan rings is 1. The molecule has 0 atom stereocenters. The van der Waals surface area contributed by atoms with Gasteiger partial charge in [-0.15, -0.1) is 0 Å². The van der Waals surface area contributed by atoms with Gasteiger partial charge < -0.3 is 9.15 Å². The second-order valence-electron chi connectivity index (χ2n) is 5.91. The zero-order valence-corrected chi connectivity index (χ0v) is 15.7. The van der Waals surface area contributed by atoms with Crippen molar-refractivity contribution in [3.63, 3.8) is 0 Å². The maximum atomic E-state index is 12.3. The Morgan fingerprint density at radius 2 is 2.00 bits per heavy atom. The van der Waals surface area contributed by atoms with Gasteiger partial charge in [0.1, 0.15) is 11.5 Å². The van der Waals surface area contributed by atoms with Crippen molar-refractivity contribution in [2.24, 2.45) is 10.1 Å². The smallest absolute Gasteiger partial charge is 0.337 e. The minimum absolute atomic E-state index is 0.0419. The number of rotatable bonds is 3. The molecule has 4 rings (SSSR count). The molecular weight excluding hydrogens is 380 g/mol. The largest absolute Gasteiger partial charge is 0.465 e. The number of aliphatic imine (C=N–C) groups is 1. The van der Waals surface area contributed by atoms with Gasteiger partial charge in [0.2, 0.25) is 5.17 Å². The second kappa shape index (κ2) is 6.93. The first kappa shape index (κ1) is 17.9. The Labute approximate surface area is 164 Å². The number of ether oxygens (including phenoxy) is 1. The lowest BCUT2D eigenvalue weighted by Crippen LogP contribution is -2.35. The fraction of sp³-hybridized carbons (Fsp3) is 0.105. The Bertz CT molecular complexity index is 1100. The van der Waals surface area contributed by atoms with Crippen LogP contribution in [0.4, 0.5) is 0 Å². The fourth-order valence-electron chi connectivity index (χ4n) is 2.70. The number of nitrogens with one attached hydrogen (secondary N) is 1. The van der Waals surface area contributed by atoms with Crippen LogP contribution in [0, 0.1) is 5.41 Å². The Hall–Kier alpha value is -3.46. The highest BCUT2D eigenvalue weighted by atomic mass is 32.2. The van der Waals surface area contributed by atoms with Crippen LogP contribution in [0.1, 0.15) is 23.0 Å². The van der Waals surface area contributed by atoms with Crippen molar-refractivity contribution < 1.29 is 18.7 Å². The van der Waals surface area contributed by atoms with Gasteiger partial charge in [0, 0.05) is 5.56 Å². The summed E-state index contributed by atoms with van der Waals surface area (Å²) in [6.07, 6.45) is 1.48. The normalized spacial score (nSPS) is 17.5. The van der Waals surface area contributed by atoms with Crippen LogP contribution in [0.25, 0.3) is 17.4 Å². The lowest BCUT2D eigenvalue weighted by molar-refractivity contribution is -0.114. The van der Waals surface area contributed by atoms with Gasteiger partial charge in [-0.25, -0.2) is 4.79 Å². The number of carbonyl (C=O) groups excluding carboxylic acids is 2. The molecule has 2 aliphatic rings. The zero-order valence-electron chi connectivity index (χ0n) is 14.9. The van der Waals surface area contributed by atoms with Crippen LogP contribution in [0.5, 0.6) is 0 Å². The van der Waals surface area contributed by atoms with E-state index in [1.54, 1.807) is 43.3 Å². The zero-order chi connectivity index (χ0) is 19.8. The van der Waals surface area contributed by atoms with Crippen LogP contribution in [-0.4, -0.2) is 40.0 Å². The molecule has 0 aliphatic carbocycles. The van der Waals surface area contributed by atoms with E-state index in [9.17, 15) is 9.59 Å². The average molecular weight is 394 g/mol. The van der Waals surface area contributed by atoms with Crippen LogP contribution >= 0.6 is 11.8 Å². The molecule has 1 aromatic heterocycles. The van der Waals surface area contributed by atoms with E-state index in [-0.39, 0.29) is 11.4 Å². The summed E-state index contributed by atoms with van der Waals surface area (Å²) < 4.78 is 10.5. The number of benzene rings is 1. The number of hydrazone groups is 1. The predicted octanol–water partition coefficient (Wildman–Crippen LogP) is 3.37. The number of nitrogens with zero attached hydrogens (tertiary/aromatic N) is 3. The Morgan fingerprint density at radius 3 is 2.71 bits per heavy atom. The van der Waals surface area contributed by atoms with E-state index < -0.39 is 11.9 Å². The Kier molecular flexibility index (Phi) is 4.44. The number of hydrogen-bond acceptors (Lipinski definition) is 7. The van der Waals surface area contributed by atoms with Crippen LogP contribution < -0.4 is 0 Å². The van der Waals surface area contributed by atoms with Crippen molar-refractivity contribution in [2.75, 3.05) is 7.11 Å². The molecular formula is C19H14N4O4S. The van der Waals surface area contributed by atoms with Gasteiger partial charge in [0.05, 0.1) is 23.3 Å². The molecule has 0 saturated heterocycles. The van der Waals surface area contributed by atoms with E-state index in [1.165, 1.54) is 30.0 Å². The molecule has 0 bridgehead atoms. The highest BCUT2D eigenvalue weighted by Gasteiger charge is 2.34. The van der Waals surface area contributed by atoms with Crippen molar-refractivity contribution in [1.29, 1.82) is 5.41 Å². The first-order chi connectivity index (χ1) is 13.5. The molecule has 3 heterocycles. The van der Waals surface area contributed by atoms with E-state index in [2.05, 4.69) is 14.8 Å². The number of amides is 1. The van der Waals surface area contributed by atoms with E-state index in [1.807, 2.05) is 0 Å². The van der Waals surface area contributed by atoms with Crippen molar-refractivity contribution in [3.05, 3.63) is 53.3 Å². The highest BCUT2D eigenvalue weighted by molar-refractivity contribution is 8.26. The van der Waals surface area contributed by atoms with E-state index in [0.717, 1.165) is 5.56 Å². The fourth-order valence-corrected chi connectivity index (χ4v) is 3.44. The first-order valence-corrected chi connectivity index (χ1v) is 9.03. The van der Waals surface area contributed by atoms with Crippen molar-refractivity contribution in [2.45, 2.75) is 6.92 Å². The molecule has 1 amide bonds. The SMILES string of the molecule is COC(=O)c1ccc(-c2ccc(C=C3C(=N)N4N=C(C)SC4=NC3=O)o2)cc1. The quantitative estimate of drug-likeness (QED) is 0.632. The van der Waals surface area contributed by atoms with E-state index in [0.29, 0.717) is 27.3 Å². The van der Waals surface area contributed by atoms with Gasteiger partial charge >= 0.3 is 5.97 Å². The van der Waals surface area contributed by atoms with Gasteiger partial charge in [-0.2, -0.15) is 15.1 Å². The number of hydrogen-bond donors (Lipinski definition) is 1. The molecule has 8 nitrogen and oxygen atoms in total. The summed E-state index contributed by atoms with van der Waals surface area (Å²) in [4.78, 5) is 27.8. The summed E-state index contributed by atoms with van der Waals surface area (Å²) in [6, 6.07) is 10.2. The summed E-state index contributed by atoms with van der Waals surface area (Å²) >= 11 is 1.25. The van der Waals surface area contributed by atoms with Crippen LogP contribution in [0.2, 0.25) is 0 Å². The summed E-state index contributed by atoms with van der Waals surface area (Å²) in [7, 11) is 1.33. The maximum Gasteiger partial charge on any atom is 0.337 e. The number of amidine groups is 2. The number of fused-ring (bicyclic) bond motifs is 1. The molecule has 28 heavy (non-hydrogen) atoms. The lowest BCUT2D eigenvalue weighted by atomic mass is 10.1. The number of esters is 1. The highest BCUT2D eigenvalue weighted by Crippen LogP contribution is 2.29. The minimum atomic E-state index is -0.506. The molecule has 0 fully saturated rings. The molecule has 140 valence electrons. The topological polar surface area (TPSA) is 108 Å². The third kappa shape index (κ3) is 3.16. The van der Waals surface area contributed by atoms with Gasteiger partial charge in [-0.05, 0) is 49.0 Å². The van der Waals surface area contributed by atoms with Gasteiger partial charge in [-0.3, -0.25) is 10.2 Å². The van der Waals surface area contributed by atoms with Crippen molar-refractivity contribution >= 4 is 45.8 Å². The van der Waals surface area contributed by atoms with Crippen LogP contribution in [-0.2, 0) is 9.53 Å². The lowest BCUT2D eigenvalue weighted by Gasteiger charge is -2.19. The van der Waals surface area contributed by atoms with Gasteiger partial charge in [0.25, 0.3) is 5.91 Å². The minimum Gasteiger partial charge on any atom is -0.465 e. The maximum absolute atomic E-state index is 12.3. The van der Waals surface area contributed by atoms with Crippen molar-refractivity contribution in [3.8, 4) is 11.3 Å². The number of carbonyl (C=O) groups is 2. The number of methoxy groups -OCH3 is 1. The third-order valence-corrected chi connectivity index (χ3v) is 4.88. The van der Waals surface area contributed by atoms with Crippen LogP contribution in [0.15, 0.2) is 56.5 Å². The van der Waals surface area contributed by atoms with Gasteiger partial charge in [-0.1, -0.05) is 12.1 Å². The second-order valence-corrected chi connectivity index (χ2v) is 7.07. The van der Waals surface area contributed by atoms with Crippen molar-refractivity contribution in [1.82, 2.24) is 5.01 Å². The average Bonchev–Trinajstić information content (AvgIpc) is 3.31. The summed E-state index contributed by atoms with van der Waals surface area (Å²) in [6.45, 7) is 1.79. The van der Waals surface area contributed by atoms with E-state index in [4.69, 9.17) is 9.83 Å². The Morgan fingerprint density at radius 1 is 1.25 bits per heavy atom. The first-order valence-electron chi connectivity index (χ1n) is 8.21. The summed E-state index contributed by atoms with van der Waals surface area (Å²) in [5, 5.41) is 14.9. The third-order valence-electron chi connectivity index (χ3n) is 4.06. The molecule has 1 N–H and O–H groups in total. The standard InChI is InChI=1S/C19H14N4O4S/c1-10-22-23-16(20)14(17(24)21-19(23)28-10)9-13-7-8-15(27-13)11-3-5-12(6-4-11)18(25)26-2/h3-9,20H,1-2H3. The Balaban J connectivity index is 1.60. The number of thioether (sulfide) groups is 1. The van der Waals surface area contributed by atoms with Crippen LogP contribution in [0.3, 0.4) is 0 Å². The molecule has 0 unspecified atom stereocenters. The van der Waals surface area contributed by atoms with E-state index >= 15 is 0 Å². The molecule has 2 aliphatic heterocycles. The molecule has 1 aromatic carbocycles. The predicted molar refractivity (Wildman–Crippen MR) is 106 cm³/mol. The summed E-state index contributed by atoms with van der Waals surface area (Å²) in [5.74, 6) is 0.0107. The molecule has 0 radical (unpaired) electrons. The molecule has 0 spiro atoms. The molecule has 9 heteroatoms.